The Hall–Kier alpha value is -3.14. The number of aryl methyl sites for hydroxylation is 2. The Morgan fingerprint density at radius 1 is 1.11 bits per heavy atom. The minimum atomic E-state index is -0.0923. The zero-order chi connectivity index (χ0) is 18.6. The lowest BCUT2D eigenvalue weighted by Gasteiger charge is -2.30. The number of aromatic nitrogens is 1. The van der Waals surface area contributed by atoms with Crippen LogP contribution in [0.1, 0.15) is 34.7 Å². The second kappa shape index (κ2) is 7.62. The van der Waals surface area contributed by atoms with Crippen LogP contribution in [0.25, 0.3) is 0 Å². The summed E-state index contributed by atoms with van der Waals surface area (Å²) in [5, 5.41) is 3.01. The number of amides is 2. The molecule has 4 rings (SSSR count). The van der Waals surface area contributed by atoms with E-state index in [0.717, 1.165) is 18.4 Å². The van der Waals surface area contributed by atoms with Gasteiger partial charge in [-0.05, 0) is 48.6 Å². The lowest BCUT2D eigenvalue weighted by atomic mass is 10.1. The number of benzene rings is 2. The maximum atomic E-state index is 13.2. The Morgan fingerprint density at radius 2 is 1.93 bits per heavy atom. The highest BCUT2D eigenvalue weighted by atomic mass is 16.2. The summed E-state index contributed by atoms with van der Waals surface area (Å²) in [6, 6.07) is 20.5. The van der Waals surface area contributed by atoms with Gasteiger partial charge in [0.1, 0.15) is 0 Å². The third-order valence-electron chi connectivity index (χ3n) is 5.12. The molecule has 3 aromatic rings. The van der Waals surface area contributed by atoms with Gasteiger partial charge in [0.05, 0.1) is 17.9 Å². The predicted molar refractivity (Wildman–Crippen MR) is 107 cm³/mol. The molecule has 1 unspecified atom stereocenters. The van der Waals surface area contributed by atoms with Crippen molar-refractivity contribution < 1.29 is 4.79 Å². The lowest BCUT2D eigenvalue weighted by Crippen LogP contribution is -2.37. The van der Waals surface area contributed by atoms with Gasteiger partial charge in [0.25, 0.3) is 0 Å². The van der Waals surface area contributed by atoms with Crippen LogP contribution in [0.2, 0.25) is 0 Å². The van der Waals surface area contributed by atoms with Crippen LogP contribution in [0.3, 0.4) is 0 Å². The average molecular weight is 357 g/mol. The SMILES string of the molecule is Cc1ccc(CN(C(=O)Nc2cccnc2)C2CCc3ccccc32)cc1. The summed E-state index contributed by atoms with van der Waals surface area (Å²) in [6.45, 7) is 2.65. The summed E-state index contributed by atoms with van der Waals surface area (Å²) in [7, 11) is 0. The van der Waals surface area contributed by atoms with Crippen LogP contribution in [0, 0.1) is 6.92 Å². The van der Waals surface area contributed by atoms with E-state index >= 15 is 0 Å². The number of hydrogen-bond donors (Lipinski definition) is 1. The number of hydrogen-bond acceptors (Lipinski definition) is 2. The molecule has 0 radical (unpaired) electrons. The topological polar surface area (TPSA) is 45.2 Å². The Balaban J connectivity index is 1.62. The zero-order valence-electron chi connectivity index (χ0n) is 15.4. The number of pyridine rings is 1. The molecule has 27 heavy (non-hydrogen) atoms. The molecule has 2 amide bonds. The highest BCUT2D eigenvalue weighted by molar-refractivity contribution is 5.89. The van der Waals surface area contributed by atoms with Crippen molar-refractivity contribution in [3.8, 4) is 0 Å². The molecule has 1 atom stereocenters. The lowest BCUT2D eigenvalue weighted by molar-refractivity contribution is 0.183. The molecule has 136 valence electrons. The molecule has 0 bridgehead atoms. The predicted octanol–water partition coefficient (Wildman–Crippen LogP) is 5.11. The van der Waals surface area contributed by atoms with E-state index in [9.17, 15) is 4.79 Å². The minimum Gasteiger partial charge on any atom is -0.313 e. The van der Waals surface area contributed by atoms with E-state index in [1.807, 2.05) is 17.0 Å². The molecule has 1 aromatic heterocycles. The van der Waals surface area contributed by atoms with Gasteiger partial charge in [-0.25, -0.2) is 4.79 Å². The molecule has 1 aliphatic carbocycles. The van der Waals surface area contributed by atoms with Gasteiger partial charge in [0.15, 0.2) is 0 Å². The molecule has 0 fully saturated rings. The van der Waals surface area contributed by atoms with Gasteiger partial charge in [-0.15, -0.1) is 0 Å². The molecule has 4 nitrogen and oxygen atoms in total. The van der Waals surface area contributed by atoms with Gasteiger partial charge < -0.3 is 10.2 Å². The molecular weight excluding hydrogens is 334 g/mol. The zero-order valence-corrected chi connectivity index (χ0v) is 15.4. The molecule has 0 spiro atoms. The fourth-order valence-corrected chi connectivity index (χ4v) is 3.70. The highest BCUT2D eigenvalue weighted by Gasteiger charge is 2.31. The quantitative estimate of drug-likeness (QED) is 0.705. The summed E-state index contributed by atoms with van der Waals surface area (Å²) in [4.78, 5) is 19.2. The van der Waals surface area contributed by atoms with E-state index in [-0.39, 0.29) is 12.1 Å². The van der Waals surface area contributed by atoms with Crippen LogP contribution < -0.4 is 5.32 Å². The van der Waals surface area contributed by atoms with Crippen LogP contribution >= 0.6 is 0 Å². The van der Waals surface area contributed by atoms with Crippen molar-refractivity contribution in [3.63, 3.8) is 0 Å². The fourth-order valence-electron chi connectivity index (χ4n) is 3.70. The third-order valence-corrected chi connectivity index (χ3v) is 5.12. The van der Waals surface area contributed by atoms with E-state index in [1.165, 1.54) is 16.7 Å². The van der Waals surface area contributed by atoms with E-state index in [0.29, 0.717) is 12.2 Å². The first-order valence-electron chi connectivity index (χ1n) is 9.32. The monoisotopic (exact) mass is 357 g/mol. The van der Waals surface area contributed by atoms with Crippen molar-refractivity contribution in [2.45, 2.75) is 32.4 Å². The van der Waals surface area contributed by atoms with Crippen molar-refractivity contribution in [2.75, 3.05) is 5.32 Å². The summed E-state index contributed by atoms with van der Waals surface area (Å²) in [6.07, 6.45) is 5.33. The molecule has 0 saturated heterocycles. The standard InChI is InChI=1S/C23H23N3O/c1-17-8-10-18(11-9-17)16-26(23(27)25-20-6-4-14-24-15-20)22-13-12-19-5-2-3-7-21(19)22/h2-11,14-15,22H,12-13,16H2,1H3,(H,25,27). The Bertz CT molecular complexity index is 922. The number of carbonyl (C=O) groups is 1. The van der Waals surface area contributed by atoms with Crippen molar-refractivity contribution in [1.82, 2.24) is 9.88 Å². The number of fused-ring (bicyclic) bond motifs is 1. The number of rotatable bonds is 4. The number of urea groups is 1. The molecule has 0 saturated carbocycles. The summed E-state index contributed by atoms with van der Waals surface area (Å²) in [5.41, 5.74) is 5.65. The number of nitrogens with zero attached hydrogens (tertiary/aromatic N) is 2. The van der Waals surface area contributed by atoms with Gasteiger partial charge in [0.2, 0.25) is 0 Å². The maximum Gasteiger partial charge on any atom is 0.322 e. The first-order chi connectivity index (χ1) is 13.2. The van der Waals surface area contributed by atoms with Crippen molar-refractivity contribution >= 4 is 11.7 Å². The van der Waals surface area contributed by atoms with Gasteiger partial charge in [-0.1, -0.05) is 54.1 Å². The van der Waals surface area contributed by atoms with Crippen LogP contribution in [-0.2, 0) is 13.0 Å². The number of anilines is 1. The highest BCUT2D eigenvalue weighted by Crippen LogP contribution is 2.36. The first-order valence-corrected chi connectivity index (χ1v) is 9.32. The van der Waals surface area contributed by atoms with Gasteiger partial charge >= 0.3 is 6.03 Å². The van der Waals surface area contributed by atoms with Gasteiger partial charge in [-0.3, -0.25) is 4.98 Å². The normalized spacial score (nSPS) is 15.2. The van der Waals surface area contributed by atoms with Crippen LogP contribution in [0.15, 0.2) is 73.1 Å². The molecule has 1 N–H and O–H groups in total. The van der Waals surface area contributed by atoms with Gasteiger partial charge in [-0.2, -0.15) is 0 Å². The second-order valence-corrected chi connectivity index (χ2v) is 7.04. The summed E-state index contributed by atoms with van der Waals surface area (Å²) in [5.74, 6) is 0. The van der Waals surface area contributed by atoms with E-state index in [2.05, 4.69) is 65.8 Å². The van der Waals surface area contributed by atoms with Crippen molar-refractivity contribution in [3.05, 3.63) is 95.3 Å². The van der Waals surface area contributed by atoms with Crippen molar-refractivity contribution in [2.24, 2.45) is 0 Å². The Labute approximate surface area is 159 Å². The van der Waals surface area contributed by atoms with E-state index in [4.69, 9.17) is 0 Å². The van der Waals surface area contributed by atoms with E-state index < -0.39 is 0 Å². The smallest absolute Gasteiger partial charge is 0.313 e. The second-order valence-electron chi connectivity index (χ2n) is 7.04. The summed E-state index contributed by atoms with van der Waals surface area (Å²) < 4.78 is 0. The third kappa shape index (κ3) is 3.85. The number of nitrogens with one attached hydrogen (secondary N) is 1. The minimum absolute atomic E-state index is 0.0826. The van der Waals surface area contributed by atoms with E-state index in [1.54, 1.807) is 12.4 Å². The fraction of sp³-hybridized carbons (Fsp3) is 0.217. The molecular formula is C23H23N3O. The largest absolute Gasteiger partial charge is 0.322 e. The molecule has 1 aliphatic rings. The number of carbonyl (C=O) groups excluding carboxylic acids is 1. The van der Waals surface area contributed by atoms with Crippen molar-refractivity contribution in [1.29, 1.82) is 0 Å². The molecule has 4 heteroatoms. The summed E-state index contributed by atoms with van der Waals surface area (Å²) >= 11 is 0. The average Bonchev–Trinajstić information content (AvgIpc) is 3.12. The van der Waals surface area contributed by atoms with Crippen LogP contribution in [0.4, 0.5) is 10.5 Å². The Morgan fingerprint density at radius 3 is 2.70 bits per heavy atom. The maximum absolute atomic E-state index is 13.2. The Kier molecular flexibility index (Phi) is 4.88. The first kappa shape index (κ1) is 17.3. The van der Waals surface area contributed by atoms with Crippen LogP contribution in [0.5, 0.6) is 0 Å². The molecule has 2 aromatic carbocycles. The molecule has 0 aliphatic heterocycles. The molecule has 1 heterocycles. The van der Waals surface area contributed by atoms with Crippen LogP contribution in [-0.4, -0.2) is 15.9 Å². The van der Waals surface area contributed by atoms with Gasteiger partial charge in [0, 0.05) is 12.7 Å².